The lowest BCUT2D eigenvalue weighted by Gasteiger charge is -2.17. The van der Waals surface area contributed by atoms with E-state index in [2.05, 4.69) is 21.7 Å². The lowest BCUT2D eigenvalue weighted by atomic mass is 10.1. The molecule has 0 aliphatic rings. The van der Waals surface area contributed by atoms with E-state index in [9.17, 15) is 4.79 Å². The molecule has 3 rings (SSSR count). The molecule has 1 aromatic carbocycles. The van der Waals surface area contributed by atoms with Gasteiger partial charge in [-0.05, 0) is 45.9 Å². The van der Waals surface area contributed by atoms with Gasteiger partial charge in [-0.25, -0.2) is 0 Å². The molecular formula is C21H25N3O3S. The molecule has 0 spiro atoms. The predicted molar refractivity (Wildman–Crippen MR) is 110 cm³/mol. The minimum absolute atomic E-state index is 0.0456. The molecule has 2 heterocycles. The van der Waals surface area contributed by atoms with Crippen LogP contribution in [0.25, 0.3) is 11.5 Å². The van der Waals surface area contributed by atoms with Crippen molar-refractivity contribution in [1.82, 2.24) is 14.8 Å². The van der Waals surface area contributed by atoms with Crippen LogP contribution >= 0.6 is 11.8 Å². The first-order chi connectivity index (χ1) is 13.4. The summed E-state index contributed by atoms with van der Waals surface area (Å²) in [6, 6.07) is 9.99. The van der Waals surface area contributed by atoms with E-state index in [4.69, 9.17) is 9.15 Å². The molecule has 0 radical (unpaired) electrons. The first kappa shape index (κ1) is 20.4. The Morgan fingerprint density at radius 1 is 1.25 bits per heavy atom. The number of methoxy groups -OCH3 is 1. The summed E-state index contributed by atoms with van der Waals surface area (Å²) in [7, 11) is 1.68. The number of benzene rings is 1. The fourth-order valence-electron chi connectivity index (χ4n) is 3.42. The monoisotopic (exact) mass is 399 g/mol. The zero-order valence-corrected chi connectivity index (χ0v) is 17.7. The first-order valence-corrected chi connectivity index (χ1v) is 10.1. The van der Waals surface area contributed by atoms with E-state index in [1.54, 1.807) is 7.11 Å². The van der Waals surface area contributed by atoms with E-state index in [0.29, 0.717) is 17.7 Å². The standard InChI is InChI=1S/C21H25N3O3S/c1-13-7-6-8-17(9-13)20-22-23-21(27-20)28-12-19(25)18-10-14(2)24(16(18)4)15(3)11-26-5/h6-10,15H,11-12H2,1-5H3/t15-/m1/s1. The average Bonchev–Trinajstić information content (AvgIpc) is 3.24. The molecule has 148 valence electrons. The van der Waals surface area contributed by atoms with E-state index in [-0.39, 0.29) is 17.6 Å². The summed E-state index contributed by atoms with van der Waals surface area (Å²) in [5.74, 6) is 0.757. The van der Waals surface area contributed by atoms with Crippen LogP contribution < -0.4 is 0 Å². The van der Waals surface area contributed by atoms with Gasteiger partial charge in [-0.15, -0.1) is 10.2 Å². The van der Waals surface area contributed by atoms with E-state index >= 15 is 0 Å². The molecule has 0 bridgehead atoms. The number of nitrogens with zero attached hydrogens (tertiary/aromatic N) is 3. The predicted octanol–water partition coefficient (Wildman–Crippen LogP) is 4.65. The number of hydrogen-bond acceptors (Lipinski definition) is 6. The molecule has 0 amide bonds. The number of aryl methyl sites for hydroxylation is 2. The van der Waals surface area contributed by atoms with Crippen molar-refractivity contribution in [2.24, 2.45) is 0 Å². The minimum atomic E-state index is 0.0456. The molecule has 0 saturated heterocycles. The largest absolute Gasteiger partial charge is 0.411 e. The van der Waals surface area contributed by atoms with Gasteiger partial charge < -0.3 is 13.7 Å². The van der Waals surface area contributed by atoms with Crippen LogP contribution in [-0.2, 0) is 4.74 Å². The summed E-state index contributed by atoms with van der Waals surface area (Å²) in [5.41, 5.74) is 4.74. The Kier molecular flexibility index (Phi) is 6.36. The van der Waals surface area contributed by atoms with Gasteiger partial charge >= 0.3 is 0 Å². The Morgan fingerprint density at radius 3 is 2.75 bits per heavy atom. The zero-order chi connectivity index (χ0) is 20.3. The second-order valence-electron chi connectivity index (χ2n) is 6.91. The average molecular weight is 400 g/mol. The maximum absolute atomic E-state index is 12.8. The van der Waals surface area contributed by atoms with Crippen molar-refractivity contribution in [2.45, 2.75) is 39.0 Å². The van der Waals surface area contributed by atoms with Gasteiger partial charge in [-0.1, -0.05) is 29.5 Å². The summed E-state index contributed by atoms with van der Waals surface area (Å²) >= 11 is 1.26. The van der Waals surface area contributed by atoms with Gasteiger partial charge in [0, 0.05) is 29.6 Å². The van der Waals surface area contributed by atoms with E-state index in [0.717, 1.165) is 28.1 Å². The number of thioether (sulfide) groups is 1. The molecule has 0 aliphatic carbocycles. The fraction of sp³-hybridized carbons (Fsp3) is 0.381. The van der Waals surface area contributed by atoms with Crippen molar-refractivity contribution in [2.75, 3.05) is 19.5 Å². The number of ether oxygens (including phenoxy) is 1. The molecule has 2 aromatic heterocycles. The summed E-state index contributed by atoms with van der Waals surface area (Å²) in [6.07, 6.45) is 0. The van der Waals surface area contributed by atoms with Crippen molar-refractivity contribution in [1.29, 1.82) is 0 Å². The Balaban J connectivity index is 1.69. The third kappa shape index (κ3) is 4.36. The second-order valence-corrected chi connectivity index (χ2v) is 7.84. The summed E-state index contributed by atoms with van der Waals surface area (Å²) in [5, 5.41) is 8.54. The second kappa shape index (κ2) is 8.75. The van der Waals surface area contributed by atoms with Crippen molar-refractivity contribution in [3.05, 3.63) is 52.8 Å². The number of ketones is 1. The molecule has 1 atom stereocenters. The van der Waals surface area contributed by atoms with Gasteiger partial charge in [0.05, 0.1) is 18.4 Å². The molecule has 28 heavy (non-hydrogen) atoms. The summed E-state index contributed by atoms with van der Waals surface area (Å²) in [4.78, 5) is 12.8. The highest BCUT2D eigenvalue weighted by atomic mass is 32.2. The van der Waals surface area contributed by atoms with Crippen LogP contribution in [0.2, 0.25) is 0 Å². The minimum Gasteiger partial charge on any atom is -0.411 e. The van der Waals surface area contributed by atoms with Crippen LogP contribution in [0.15, 0.2) is 40.0 Å². The number of rotatable bonds is 8. The van der Waals surface area contributed by atoms with Crippen molar-refractivity contribution >= 4 is 17.5 Å². The van der Waals surface area contributed by atoms with Crippen molar-refractivity contribution in [3.8, 4) is 11.5 Å². The first-order valence-electron chi connectivity index (χ1n) is 9.14. The van der Waals surface area contributed by atoms with Crippen LogP contribution in [-0.4, -0.2) is 40.0 Å². The number of carbonyl (C=O) groups is 1. The van der Waals surface area contributed by atoms with Gasteiger partial charge in [0.15, 0.2) is 5.78 Å². The third-order valence-electron chi connectivity index (χ3n) is 4.63. The molecule has 6 nitrogen and oxygen atoms in total. The maximum atomic E-state index is 12.8. The highest BCUT2D eigenvalue weighted by Crippen LogP contribution is 2.26. The van der Waals surface area contributed by atoms with E-state index in [1.165, 1.54) is 11.8 Å². The van der Waals surface area contributed by atoms with Crippen molar-refractivity contribution < 1.29 is 13.9 Å². The fourth-order valence-corrected chi connectivity index (χ4v) is 4.07. The lowest BCUT2D eigenvalue weighted by Crippen LogP contribution is -2.14. The van der Waals surface area contributed by atoms with Crippen LogP contribution in [0.4, 0.5) is 0 Å². The van der Waals surface area contributed by atoms with E-state index < -0.39 is 0 Å². The lowest BCUT2D eigenvalue weighted by molar-refractivity contribution is 0.102. The van der Waals surface area contributed by atoms with Crippen LogP contribution in [0.3, 0.4) is 0 Å². The Hall–Kier alpha value is -2.38. The molecule has 0 N–H and O–H groups in total. The molecular weight excluding hydrogens is 374 g/mol. The van der Waals surface area contributed by atoms with Gasteiger partial charge in [-0.3, -0.25) is 4.79 Å². The highest BCUT2D eigenvalue weighted by molar-refractivity contribution is 7.99. The molecule has 0 fully saturated rings. The van der Waals surface area contributed by atoms with Gasteiger partial charge in [0.1, 0.15) is 0 Å². The number of carbonyl (C=O) groups excluding carboxylic acids is 1. The quantitative estimate of drug-likeness (QED) is 0.406. The Bertz CT molecular complexity index is 977. The topological polar surface area (TPSA) is 70.2 Å². The maximum Gasteiger partial charge on any atom is 0.277 e. The van der Waals surface area contributed by atoms with Crippen LogP contribution in [0.5, 0.6) is 0 Å². The smallest absolute Gasteiger partial charge is 0.277 e. The zero-order valence-electron chi connectivity index (χ0n) is 16.9. The molecule has 0 unspecified atom stereocenters. The number of hydrogen-bond donors (Lipinski definition) is 0. The molecule has 0 aliphatic heterocycles. The number of aromatic nitrogens is 3. The molecule has 0 saturated carbocycles. The summed E-state index contributed by atoms with van der Waals surface area (Å²) < 4.78 is 13.1. The van der Waals surface area contributed by atoms with Crippen molar-refractivity contribution in [3.63, 3.8) is 0 Å². The van der Waals surface area contributed by atoms with Gasteiger partial charge in [-0.2, -0.15) is 0 Å². The third-order valence-corrected chi connectivity index (χ3v) is 5.45. The van der Waals surface area contributed by atoms with E-state index in [1.807, 2.05) is 51.1 Å². The van der Waals surface area contributed by atoms with Gasteiger partial charge in [0.25, 0.3) is 5.22 Å². The van der Waals surface area contributed by atoms with Crippen LogP contribution in [0.1, 0.15) is 40.3 Å². The normalized spacial score (nSPS) is 12.3. The SMILES string of the molecule is COC[C@@H](C)n1c(C)cc(C(=O)CSc2nnc(-c3cccc(C)c3)o2)c1C. The Labute approximate surface area is 169 Å². The van der Waals surface area contributed by atoms with Crippen LogP contribution in [0, 0.1) is 20.8 Å². The Morgan fingerprint density at radius 2 is 2.04 bits per heavy atom. The molecule has 3 aromatic rings. The summed E-state index contributed by atoms with van der Waals surface area (Å²) in [6.45, 7) is 8.67. The van der Waals surface area contributed by atoms with Gasteiger partial charge in [0.2, 0.25) is 5.89 Å². The number of Topliss-reactive ketones (excluding diaryl/α,β-unsaturated/α-hetero) is 1. The molecule has 7 heteroatoms. The highest BCUT2D eigenvalue weighted by Gasteiger charge is 2.20.